The number of hydrogen-bond acceptors (Lipinski definition) is 5. The number of aromatic nitrogens is 1. The summed E-state index contributed by atoms with van der Waals surface area (Å²) in [7, 11) is 0. The first-order valence-electron chi connectivity index (χ1n) is 9.25. The minimum absolute atomic E-state index is 0.0586. The van der Waals surface area contributed by atoms with Crippen LogP contribution in [0.2, 0.25) is 0 Å². The van der Waals surface area contributed by atoms with Gasteiger partial charge in [-0.15, -0.1) is 0 Å². The van der Waals surface area contributed by atoms with E-state index in [4.69, 9.17) is 4.42 Å². The van der Waals surface area contributed by atoms with Gasteiger partial charge in [-0.25, -0.2) is 0 Å². The summed E-state index contributed by atoms with van der Waals surface area (Å²) in [6.45, 7) is 3.87. The predicted octanol–water partition coefficient (Wildman–Crippen LogP) is 3.91. The summed E-state index contributed by atoms with van der Waals surface area (Å²) in [6, 6.07) is 11.8. The molecule has 1 fully saturated rings. The van der Waals surface area contributed by atoms with E-state index in [1.165, 1.54) is 11.2 Å². The van der Waals surface area contributed by atoms with Crippen molar-refractivity contribution in [2.24, 2.45) is 0 Å². The van der Waals surface area contributed by atoms with Crippen LogP contribution >= 0.6 is 0 Å². The van der Waals surface area contributed by atoms with E-state index in [9.17, 15) is 14.7 Å². The molecular formula is C23H20N2O4. The van der Waals surface area contributed by atoms with Gasteiger partial charge in [0.05, 0.1) is 24.4 Å². The van der Waals surface area contributed by atoms with Crippen molar-refractivity contribution in [3.8, 4) is 0 Å². The fraction of sp³-hybridized carbons (Fsp3) is 0.174. The van der Waals surface area contributed by atoms with Crippen LogP contribution < -0.4 is 0 Å². The Bertz CT molecular complexity index is 1100. The van der Waals surface area contributed by atoms with E-state index in [0.717, 1.165) is 11.1 Å². The predicted molar refractivity (Wildman–Crippen MR) is 107 cm³/mol. The van der Waals surface area contributed by atoms with Crippen LogP contribution in [0.1, 0.15) is 34.1 Å². The van der Waals surface area contributed by atoms with Crippen molar-refractivity contribution in [2.75, 3.05) is 0 Å². The lowest BCUT2D eigenvalue weighted by molar-refractivity contribution is -0.140. The number of aliphatic hydroxyl groups excluding tert-OH is 1. The summed E-state index contributed by atoms with van der Waals surface area (Å²) >= 11 is 0. The maximum absolute atomic E-state index is 13.0. The molecule has 1 unspecified atom stereocenters. The molecule has 0 saturated carbocycles. The van der Waals surface area contributed by atoms with E-state index in [1.54, 1.807) is 36.7 Å². The molecule has 0 aliphatic carbocycles. The lowest BCUT2D eigenvalue weighted by Crippen LogP contribution is -2.29. The number of benzene rings is 1. The van der Waals surface area contributed by atoms with Gasteiger partial charge >= 0.3 is 0 Å². The summed E-state index contributed by atoms with van der Waals surface area (Å²) in [4.78, 5) is 31.4. The number of ketones is 1. The van der Waals surface area contributed by atoms with Gasteiger partial charge in [0.15, 0.2) is 0 Å². The quantitative estimate of drug-likeness (QED) is 0.416. The lowest BCUT2D eigenvalue weighted by atomic mass is 9.94. The zero-order valence-electron chi connectivity index (χ0n) is 16.1. The third-order valence-electron chi connectivity index (χ3n) is 5.09. The molecule has 1 amide bonds. The fourth-order valence-electron chi connectivity index (χ4n) is 3.63. The number of aryl methyl sites for hydroxylation is 2. The van der Waals surface area contributed by atoms with Crippen LogP contribution in [0.5, 0.6) is 0 Å². The Kier molecular flexibility index (Phi) is 4.76. The summed E-state index contributed by atoms with van der Waals surface area (Å²) < 4.78 is 5.38. The first-order chi connectivity index (χ1) is 14.0. The van der Waals surface area contributed by atoms with Crippen LogP contribution in [0.15, 0.2) is 71.1 Å². The number of likely N-dealkylation sites (tertiary alicyclic amines) is 1. The number of nitrogens with zero attached hydrogens (tertiary/aromatic N) is 2. The summed E-state index contributed by atoms with van der Waals surface area (Å²) in [5.74, 6) is -1.03. The summed E-state index contributed by atoms with van der Waals surface area (Å²) in [5, 5.41) is 11.1. The van der Waals surface area contributed by atoms with Crippen LogP contribution in [0.4, 0.5) is 0 Å². The molecule has 3 aromatic rings. The average molecular weight is 388 g/mol. The number of rotatable bonds is 4. The highest BCUT2D eigenvalue weighted by molar-refractivity contribution is 6.46. The van der Waals surface area contributed by atoms with E-state index < -0.39 is 17.7 Å². The molecule has 6 heteroatoms. The fourth-order valence-corrected chi connectivity index (χ4v) is 3.63. The van der Waals surface area contributed by atoms with Crippen molar-refractivity contribution in [1.82, 2.24) is 9.88 Å². The van der Waals surface area contributed by atoms with Crippen LogP contribution in [0, 0.1) is 13.8 Å². The third kappa shape index (κ3) is 3.33. The molecule has 2 aromatic heterocycles. The van der Waals surface area contributed by atoms with Crippen LogP contribution in [0.3, 0.4) is 0 Å². The lowest BCUT2D eigenvalue weighted by Gasteiger charge is -2.24. The maximum Gasteiger partial charge on any atom is 0.296 e. The Morgan fingerprint density at radius 1 is 1.17 bits per heavy atom. The topological polar surface area (TPSA) is 83.6 Å². The zero-order chi connectivity index (χ0) is 20.5. The van der Waals surface area contributed by atoms with Gasteiger partial charge in [0.1, 0.15) is 11.5 Å². The Morgan fingerprint density at radius 2 is 2.00 bits per heavy atom. The highest BCUT2D eigenvalue weighted by Gasteiger charge is 2.46. The van der Waals surface area contributed by atoms with E-state index in [2.05, 4.69) is 4.98 Å². The largest absolute Gasteiger partial charge is 0.507 e. The first-order valence-corrected chi connectivity index (χ1v) is 9.25. The molecule has 1 aromatic carbocycles. The second-order valence-corrected chi connectivity index (χ2v) is 7.11. The Hall–Kier alpha value is -3.67. The monoisotopic (exact) mass is 388 g/mol. The van der Waals surface area contributed by atoms with E-state index in [0.29, 0.717) is 16.9 Å². The van der Waals surface area contributed by atoms with Crippen molar-refractivity contribution < 1.29 is 19.1 Å². The molecule has 1 saturated heterocycles. The third-order valence-corrected chi connectivity index (χ3v) is 5.09. The van der Waals surface area contributed by atoms with E-state index in [-0.39, 0.29) is 17.9 Å². The second-order valence-electron chi connectivity index (χ2n) is 7.11. The van der Waals surface area contributed by atoms with Crippen LogP contribution in [0.25, 0.3) is 5.76 Å². The SMILES string of the molecule is Cc1ccc(C)c(/C(O)=C2/C(=O)C(=O)N(Cc3ccco3)C2c2cccnc2)c1. The average Bonchev–Trinajstić information content (AvgIpc) is 3.32. The molecule has 6 nitrogen and oxygen atoms in total. The molecule has 0 spiro atoms. The van der Waals surface area contributed by atoms with Crippen molar-refractivity contribution in [3.05, 3.63) is 94.7 Å². The Labute approximate surface area is 168 Å². The highest BCUT2D eigenvalue weighted by Crippen LogP contribution is 2.40. The van der Waals surface area contributed by atoms with Gasteiger partial charge in [-0.05, 0) is 49.2 Å². The number of carbonyl (C=O) groups is 2. The van der Waals surface area contributed by atoms with Gasteiger partial charge in [0.25, 0.3) is 11.7 Å². The van der Waals surface area contributed by atoms with Gasteiger partial charge < -0.3 is 14.4 Å². The minimum Gasteiger partial charge on any atom is -0.507 e. The smallest absolute Gasteiger partial charge is 0.296 e. The maximum atomic E-state index is 13.0. The number of Topliss-reactive ketones (excluding diaryl/α,β-unsaturated/α-hetero) is 1. The van der Waals surface area contributed by atoms with E-state index >= 15 is 0 Å². The number of amides is 1. The standard InChI is InChI=1S/C23H20N2O4/c1-14-7-8-15(2)18(11-14)21(26)19-20(16-5-3-9-24-12-16)25(23(28)22(19)27)13-17-6-4-10-29-17/h3-12,20,26H,13H2,1-2H3/b21-19-. The second kappa shape index (κ2) is 7.39. The van der Waals surface area contributed by atoms with Gasteiger partial charge in [0.2, 0.25) is 0 Å². The van der Waals surface area contributed by atoms with Crippen LogP contribution in [-0.2, 0) is 16.1 Å². The molecule has 1 atom stereocenters. The summed E-state index contributed by atoms with van der Waals surface area (Å²) in [5.41, 5.74) is 3.00. The molecular weight excluding hydrogens is 368 g/mol. The highest BCUT2D eigenvalue weighted by atomic mass is 16.3. The Morgan fingerprint density at radius 3 is 2.69 bits per heavy atom. The molecule has 146 valence electrons. The van der Waals surface area contributed by atoms with Crippen molar-refractivity contribution in [3.63, 3.8) is 0 Å². The van der Waals surface area contributed by atoms with Gasteiger partial charge in [0, 0.05) is 18.0 Å². The Balaban J connectivity index is 1.90. The van der Waals surface area contributed by atoms with Gasteiger partial charge in [-0.2, -0.15) is 0 Å². The number of hydrogen-bond donors (Lipinski definition) is 1. The van der Waals surface area contributed by atoms with Crippen molar-refractivity contribution >= 4 is 17.4 Å². The number of aliphatic hydroxyl groups is 1. The number of carbonyl (C=O) groups excluding carboxylic acids is 2. The minimum atomic E-state index is -0.756. The van der Waals surface area contributed by atoms with Gasteiger partial charge in [-0.1, -0.05) is 23.8 Å². The number of furan rings is 1. The molecule has 29 heavy (non-hydrogen) atoms. The van der Waals surface area contributed by atoms with Crippen molar-refractivity contribution in [2.45, 2.75) is 26.4 Å². The first kappa shape index (κ1) is 18.7. The normalized spacial score (nSPS) is 18.4. The molecule has 3 heterocycles. The van der Waals surface area contributed by atoms with Gasteiger partial charge in [-0.3, -0.25) is 14.6 Å². The van der Waals surface area contributed by atoms with E-state index in [1.807, 2.05) is 32.0 Å². The summed E-state index contributed by atoms with van der Waals surface area (Å²) in [6.07, 6.45) is 4.73. The zero-order valence-corrected chi connectivity index (χ0v) is 16.1. The van der Waals surface area contributed by atoms with Crippen molar-refractivity contribution in [1.29, 1.82) is 0 Å². The molecule has 1 aliphatic rings. The molecule has 0 radical (unpaired) electrons. The molecule has 0 bridgehead atoms. The molecule has 1 N–H and O–H groups in total. The molecule has 4 rings (SSSR count). The molecule has 1 aliphatic heterocycles. The number of pyridine rings is 1. The van der Waals surface area contributed by atoms with Crippen LogP contribution in [-0.4, -0.2) is 26.7 Å².